The van der Waals surface area contributed by atoms with Crippen molar-refractivity contribution in [1.82, 2.24) is 10.2 Å². The molecule has 0 saturated carbocycles. The van der Waals surface area contributed by atoms with E-state index in [-0.39, 0.29) is 25.0 Å². The second-order valence-electron chi connectivity index (χ2n) is 9.23. The van der Waals surface area contributed by atoms with Gasteiger partial charge in [-0.15, -0.1) is 0 Å². The second kappa shape index (κ2) is 14.1. The van der Waals surface area contributed by atoms with Crippen LogP contribution < -0.4 is 10.1 Å². The van der Waals surface area contributed by atoms with Crippen molar-refractivity contribution in [2.24, 2.45) is 0 Å². The Morgan fingerprint density at radius 3 is 2.16 bits per heavy atom. The van der Waals surface area contributed by atoms with Crippen LogP contribution in [0.15, 0.2) is 72.8 Å². The van der Waals surface area contributed by atoms with Crippen LogP contribution in [0.1, 0.15) is 49.8 Å². The molecule has 1 atom stereocenters. The molecule has 0 heterocycles. The fourth-order valence-electron chi connectivity index (χ4n) is 3.95. The molecule has 196 valence electrons. The van der Waals surface area contributed by atoms with E-state index in [1.807, 2.05) is 61.5 Å². The Morgan fingerprint density at radius 1 is 0.919 bits per heavy atom. The lowest BCUT2D eigenvalue weighted by atomic mass is 10.0. The van der Waals surface area contributed by atoms with Crippen molar-refractivity contribution in [3.8, 4) is 5.75 Å². The van der Waals surface area contributed by atoms with Gasteiger partial charge in [-0.25, -0.2) is 0 Å². The van der Waals surface area contributed by atoms with Gasteiger partial charge in [0, 0.05) is 35.1 Å². The van der Waals surface area contributed by atoms with Gasteiger partial charge >= 0.3 is 0 Å². The number of nitrogens with one attached hydrogen (secondary N) is 1. The predicted octanol–water partition coefficient (Wildman–Crippen LogP) is 6.66. The van der Waals surface area contributed by atoms with Crippen LogP contribution in [0.5, 0.6) is 5.75 Å². The van der Waals surface area contributed by atoms with Crippen molar-refractivity contribution in [2.75, 3.05) is 13.2 Å². The Bertz CT molecular complexity index is 1150. The van der Waals surface area contributed by atoms with E-state index in [0.717, 1.165) is 12.0 Å². The summed E-state index contributed by atoms with van der Waals surface area (Å²) < 4.78 is 5.85. The van der Waals surface area contributed by atoms with Gasteiger partial charge in [-0.1, -0.05) is 92.5 Å². The van der Waals surface area contributed by atoms with Gasteiger partial charge in [-0.2, -0.15) is 0 Å². The van der Waals surface area contributed by atoms with Crippen LogP contribution in [0.4, 0.5) is 0 Å². The van der Waals surface area contributed by atoms with Crippen LogP contribution in [-0.4, -0.2) is 35.9 Å². The van der Waals surface area contributed by atoms with Gasteiger partial charge < -0.3 is 15.0 Å². The standard InChI is InChI=1S/C30H34Cl2N2O3/c1-4-17-33-30(36)28(18-22-9-6-5-7-10-22)34(19-25-26(31)11-8-12-27(25)32)29(35)20-37-24-15-13-23(14-16-24)21(2)3/h5-16,21,28H,4,17-20H2,1-3H3,(H,33,36)/t28-/m0/s1. The molecular formula is C30H34Cl2N2O3. The molecule has 0 radical (unpaired) electrons. The summed E-state index contributed by atoms with van der Waals surface area (Å²) in [7, 11) is 0. The van der Waals surface area contributed by atoms with Crippen molar-refractivity contribution >= 4 is 35.0 Å². The van der Waals surface area contributed by atoms with E-state index in [2.05, 4.69) is 19.2 Å². The molecule has 0 spiro atoms. The zero-order valence-corrected chi connectivity index (χ0v) is 23.1. The van der Waals surface area contributed by atoms with E-state index in [9.17, 15) is 9.59 Å². The summed E-state index contributed by atoms with van der Waals surface area (Å²) in [5, 5.41) is 3.82. The van der Waals surface area contributed by atoms with Gasteiger partial charge in [0.2, 0.25) is 5.91 Å². The summed E-state index contributed by atoms with van der Waals surface area (Å²) in [6.07, 6.45) is 1.12. The lowest BCUT2D eigenvalue weighted by Gasteiger charge is -2.32. The van der Waals surface area contributed by atoms with E-state index in [0.29, 0.717) is 40.2 Å². The van der Waals surface area contributed by atoms with Crippen molar-refractivity contribution < 1.29 is 14.3 Å². The topological polar surface area (TPSA) is 58.6 Å². The minimum absolute atomic E-state index is 0.0734. The first kappa shape index (κ1) is 28.5. The maximum atomic E-state index is 13.7. The predicted molar refractivity (Wildman–Crippen MR) is 150 cm³/mol. The summed E-state index contributed by atoms with van der Waals surface area (Å²) in [5.74, 6) is 0.412. The largest absolute Gasteiger partial charge is 0.484 e. The van der Waals surface area contributed by atoms with E-state index in [4.69, 9.17) is 27.9 Å². The molecule has 37 heavy (non-hydrogen) atoms. The van der Waals surface area contributed by atoms with Crippen molar-refractivity contribution in [1.29, 1.82) is 0 Å². The number of ether oxygens (including phenoxy) is 1. The number of halogens is 2. The number of amides is 2. The third kappa shape index (κ3) is 8.24. The summed E-state index contributed by atoms with van der Waals surface area (Å²) >= 11 is 12.9. The molecular weight excluding hydrogens is 507 g/mol. The first-order valence-electron chi connectivity index (χ1n) is 12.6. The van der Waals surface area contributed by atoms with Crippen molar-refractivity contribution in [3.05, 3.63) is 99.5 Å². The molecule has 0 aliphatic heterocycles. The van der Waals surface area contributed by atoms with E-state index in [1.54, 1.807) is 18.2 Å². The Morgan fingerprint density at radius 2 is 1.57 bits per heavy atom. The summed E-state index contributed by atoms with van der Waals surface area (Å²) in [4.78, 5) is 28.6. The highest BCUT2D eigenvalue weighted by Gasteiger charge is 2.31. The maximum Gasteiger partial charge on any atom is 0.261 e. The van der Waals surface area contributed by atoms with Crippen LogP contribution in [0.2, 0.25) is 10.0 Å². The number of carbonyl (C=O) groups is 2. The van der Waals surface area contributed by atoms with Gasteiger partial charge in [0.1, 0.15) is 11.8 Å². The van der Waals surface area contributed by atoms with E-state index >= 15 is 0 Å². The first-order valence-corrected chi connectivity index (χ1v) is 13.3. The lowest BCUT2D eigenvalue weighted by molar-refractivity contribution is -0.142. The Balaban J connectivity index is 1.91. The van der Waals surface area contributed by atoms with Gasteiger partial charge in [-0.05, 0) is 47.7 Å². The fraction of sp³-hybridized carbons (Fsp3) is 0.333. The molecule has 0 aromatic heterocycles. The quantitative estimate of drug-likeness (QED) is 0.279. The third-order valence-electron chi connectivity index (χ3n) is 6.12. The minimum atomic E-state index is -0.777. The molecule has 0 aliphatic rings. The monoisotopic (exact) mass is 540 g/mol. The second-order valence-corrected chi connectivity index (χ2v) is 10.0. The van der Waals surface area contributed by atoms with Gasteiger partial charge in [0.05, 0.1) is 0 Å². The van der Waals surface area contributed by atoms with Crippen molar-refractivity contribution in [3.63, 3.8) is 0 Å². The first-order chi connectivity index (χ1) is 17.8. The number of hydrogen-bond donors (Lipinski definition) is 1. The minimum Gasteiger partial charge on any atom is -0.484 e. The highest BCUT2D eigenvalue weighted by molar-refractivity contribution is 6.36. The Kier molecular flexibility index (Phi) is 10.8. The zero-order chi connectivity index (χ0) is 26.8. The molecule has 3 aromatic carbocycles. The number of rotatable bonds is 12. The van der Waals surface area contributed by atoms with Crippen LogP contribution in [0.25, 0.3) is 0 Å². The molecule has 0 bridgehead atoms. The summed E-state index contributed by atoms with van der Waals surface area (Å²) in [6, 6.07) is 21.7. The summed E-state index contributed by atoms with van der Waals surface area (Å²) in [6.45, 7) is 6.58. The van der Waals surface area contributed by atoms with Crippen LogP contribution in [-0.2, 0) is 22.6 Å². The third-order valence-corrected chi connectivity index (χ3v) is 6.83. The smallest absolute Gasteiger partial charge is 0.261 e. The average molecular weight is 542 g/mol. The fourth-order valence-corrected chi connectivity index (χ4v) is 4.47. The normalized spacial score (nSPS) is 11.7. The van der Waals surface area contributed by atoms with Gasteiger partial charge in [0.25, 0.3) is 5.91 Å². The average Bonchev–Trinajstić information content (AvgIpc) is 2.90. The lowest BCUT2D eigenvalue weighted by Crippen LogP contribution is -2.51. The number of carbonyl (C=O) groups excluding carboxylic acids is 2. The molecule has 5 nitrogen and oxygen atoms in total. The van der Waals surface area contributed by atoms with E-state index in [1.165, 1.54) is 10.5 Å². The zero-order valence-electron chi connectivity index (χ0n) is 21.5. The number of nitrogens with zero attached hydrogens (tertiary/aromatic N) is 1. The maximum absolute atomic E-state index is 13.7. The highest BCUT2D eigenvalue weighted by atomic mass is 35.5. The Labute approximate surface area is 229 Å². The molecule has 3 rings (SSSR count). The molecule has 0 aliphatic carbocycles. The molecule has 2 amide bonds. The highest BCUT2D eigenvalue weighted by Crippen LogP contribution is 2.27. The molecule has 7 heteroatoms. The number of hydrogen-bond acceptors (Lipinski definition) is 3. The van der Waals surface area contributed by atoms with E-state index < -0.39 is 6.04 Å². The SMILES string of the molecule is CCCNC(=O)[C@H](Cc1ccccc1)N(Cc1c(Cl)cccc1Cl)C(=O)COc1ccc(C(C)C)cc1. The van der Waals surface area contributed by atoms with Crippen LogP contribution in [0.3, 0.4) is 0 Å². The summed E-state index contributed by atoms with van der Waals surface area (Å²) in [5.41, 5.74) is 2.71. The number of benzene rings is 3. The molecule has 0 unspecified atom stereocenters. The van der Waals surface area contributed by atoms with Crippen LogP contribution in [0, 0.1) is 0 Å². The molecule has 1 N–H and O–H groups in total. The molecule has 3 aromatic rings. The van der Waals surface area contributed by atoms with Gasteiger partial charge in [0.15, 0.2) is 6.61 Å². The van der Waals surface area contributed by atoms with Gasteiger partial charge in [-0.3, -0.25) is 9.59 Å². The Hall–Kier alpha value is -3.02. The molecule has 0 saturated heterocycles. The van der Waals surface area contributed by atoms with Crippen LogP contribution >= 0.6 is 23.2 Å². The van der Waals surface area contributed by atoms with Crippen molar-refractivity contribution in [2.45, 2.75) is 52.1 Å². The molecule has 0 fully saturated rings.